The topological polar surface area (TPSA) is 82.5 Å². The molecule has 38 heavy (non-hydrogen) atoms. The van der Waals surface area contributed by atoms with Crippen molar-refractivity contribution in [3.63, 3.8) is 0 Å². The van der Waals surface area contributed by atoms with Crippen molar-refractivity contribution < 1.29 is 22.4 Å². The Morgan fingerprint density at radius 2 is 1.95 bits per heavy atom. The summed E-state index contributed by atoms with van der Waals surface area (Å²) in [5.74, 6) is -0.0890. The fourth-order valence-corrected chi connectivity index (χ4v) is 5.27. The van der Waals surface area contributed by atoms with E-state index in [2.05, 4.69) is 11.5 Å². The van der Waals surface area contributed by atoms with Crippen molar-refractivity contribution in [2.24, 2.45) is 0 Å². The fraction of sp³-hybridized carbons (Fsp3) is 0.269. The Bertz CT molecular complexity index is 1610. The summed E-state index contributed by atoms with van der Waals surface area (Å²) in [5.41, 5.74) is -1.42. The van der Waals surface area contributed by atoms with Crippen LogP contribution in [0.15, 0.2) is 52.2 Å². The number of thiazole rings is 1. The number of amides is 1. The van der Waals surface area contributed by atoms with Gasteiger partial charge in [-0.3, -0.25) is 14.2 Å². The largest absolute Gasteiger partial charge is 0.457 e. The molecule has 12 heteroatoms. The van der Waals surface area contributed by atoms with Crippen LogP contribution in [0.4, 0.5) is 13.2 Å². The van der Waals surface area contributed by atoms with Crippen LogP contribution in [0.2, 0.25) is 5.02 Å². The lowest BCUT2D eigenvalue weighted by Gasteiger charge is -2.32. The molecule has 0 bridgehead atoms. The quantitative estimate of drug-likeness (QED) is 0.446. The van der Waals surface area contributed by atoms with Crippen molar-refractivity contribution in [2.45, 2.75) is 12.7 Å². The van der Waals surface area contributed by atoms with Crippen molar-refractivity contribution in [3.8, 4) is 17.4 Å². The van der Waals surface area contributed by atoms with E-state index in [4.69, 9.17) is 16.0 Å². The third kappa shape index (κ3) is 5.62. The molecule has 198 valence electrons. The number of alkyl halides is 3. The smallest absolute Gasteiger partial charge is 0.417 e. The molecular formula is C26H22ClF3N4O3S. The van der Waals surface area contributed by atoms with Gasteiger partial charge in [0.2, 0.25) is 0 Å². The minimum atomic E-state index is -4.63. The first-order valence-corrected chi connectivity index (χ1v) is 12.6. The van der Waals surface area contributed by atoms with E-state index in [1.165, 1.54) is 34.9 Å². The summed E-state index contributed by atoms with van der Waals surface area (Å²) in [6.45, 7) is 6.01. The van der Waals surface area contributed by atoms with Crippen molar-refractivity contribution in [1.29, 1.82) is 5.26 Å². The number of hydrogen-bond acceptors (Lipinski definition) is 6. The number of nitrogens with zero attached hydrogens (tertiary/aromatic N) is 4. The normalized spacial score (nSPS) is 15.9. The van der Waals surface area contributed by atoms with E-state index in [-0.39, 0.29) is 38.4 Å². The maximum absolute atomic E-state index is 13.3. The van der Waals surface area contributed by atoms with Crippen LogP contribution in [-0.4, -0.2) is 53.5 Å². The van der Waals surface area contributed by atoms with Crippen molar-refractivity contribution >= 4 is 40.5 Å². The number of aromatic nitrogens is 1. The summed E-state index contributed by atoms with van der Waals surface area (Å²) in [4.78, 5) is 30.0. The molecule has 0 radical (unpaired) electrons. The zero-order valence-corrected chi connectivity index (χ0v) is 21.8. The molecule has 7 nitrogen and oxygen atoms in total. The maximum atomic E-state index is 13.3. The summed E-state index contributed by atoms with van der Waals surface area (Å²) >= 11 is 6.67. The van der Waals surface area contributed by atoms with Crippen LogP contribution in [0.25, 0.3) is 23.0 Å². The maximum Gasteiger partial charge on any atom is 0.417 e. The first-order valence-electron chi connectivity index (χ1n) is 11.4. The van der Waals surface area contributed by atoms with Crippen molar-refractivity contribution in [2.75, 3.05) is 33.2 Å². The summed E-state index contributed by atoms with van der Waals surface area (Å²) in [6, 6.07) is 8.39. The Balaban J connectivity index is 1.77. The van der Waals surface area contributed by atoms with Crippen LogP contribution in [0.1, 0.15) is 11.3 Å². The van der Waals surface area contributed by atoms with E-state index >= 15 is 0 Å². The zero-order chi connectivity index (χ0) is 27.6. The molecule has 0 unspecified atom stereocenters. The third-order valence-electron chi connectivity index (χ3n) is 6.01. The van der Waals surface area contributed by atoms with Gasteiger partial charge in [-0.2, -0.15) is 18.4 Å². The monoisotopic (exact) mass is 562 g/mol. The molecule has 1 aliphatic heterocycles. The first kappa shape index (κ1) is 27.4. The van der Waals surface area contributed by atoms with Crippen molar-refractivity contribution in [1.82, 2.24) is 14.4 Å². The molecule has 3 heterocycles. The molecular weight excluding hydrogens is 541 g/mol. The summed E-state index contributed by atoms with van der Waals surface area (Å²) in [7, 11) is 1.95. The molecule has 0 spiro atoms. The lowest BCUT2D eigenvalue weighted by molar-refractivity contribution is -0.137. The highest BCUT2D eigenvalue weighted by Gasteiger charge is 2.33. The van der Waals surface area contributed by atoms with E-state index in [9.17, 15) is 28.0 Å². The molecule has 1 amide bonds. The third-order valence-corrected chi connectivity index (χ3v) is 7.47. The molecule has 0 atom stereocenters. The summed E-state index contributed by atoms with van der Waals surface area (Å²) < 4.78 is 47.2. The number of furan rings is 1. The van der Waals surface area contributed by atoms with E-state index in [1.807, 2.05) is 13.1 Å². The minimum absolute atomic E-state index is 0.0775. The Kier molecular flexibility index (Phi) is 7.97. The molecule has 2 aromatic heterocycles. The Morgan fingerprint density at radius 1 is 1.24 bits per heavy atom. The van der Waals surface area contributed by atoms with Gasteiger partial charge in [-0.05, 0) is 37.4 Å². The Labute approximate surface area is 224 Å². The van der Waals surface area contributed by atoms with Gasteiger partial charge in [-0.15, -0.1) is 17.9 Å². The second-order valence-corrected chi connectivity index (χ2v) is 10.0. The predicted octanol–water partition coefficient (Wildman–Crippen LogP) is 3.31. The van der Waals surface area contributed by atoms with Gasteiger partial charge in [0.1, 0.15) is 22.3 Å². The second kappa shape index (κ2) is 11.0. The van der Waals surface area contributed by atoms with Crippen LogP contribution in [-0.2, 0) is 17.5 Å². The lowest BCUT2D eigenvalue weighted by atomic mass is 10.1. The number of halogens is 4. The lowest BCUT2D eigenvalue weighted by Crippen LogP contribution is -2.48. The van der Waals surface area contributed by atoms with E-state index in [0.717, 1.165) is 23.5 Å². The number of likely N-dealkylation sites (N-methyl/N-ethyl adjacent to an activating group) is 1. The molecule has 3 aromatic rings. The standard InChI is InChI=1S/C26H22ClF3N4O3S/c1-3-8-34-24(36)22(38-25(34)18(15-31)23(35)33-11-9-32(2)10-12-33)14-17-5-7-21(37-17)16-4-6-20(27)19(13-16)26(28,29)30/h3-7,13-14H,1,8-12H2,2H3/b22-14-,25-18-. The predicted molar refractivity (Wildman–Crippen MR) is 139 cm³/mol. The number of piperazine rings is 1. The number of hydrogen-bond donors (Lipinski definition) is 0. The van der Waals surface area contributed by atoms with Crippen LogP contribution in [0, 0.1) is 11.3 Å². The number of benzene rings is 1. The highest BCUT2D eigenvalue weighted by Crippen LogP contribution is 2.37. The van der Waals surface area contributed by atoms with Gasteiger partial charge in [0, 0.05) is 44.4 Å². The number of rotatable bonds is 5. The SMILES string of the molecule is C=CCn1c(=O)/c(=C/c2ccc(-c3ccc(Cl)c(C(F)(F)F)c3)o2)s/c1=C(/C#N)C(=O)N1CCN(C)CC1. The molecule has 1 saturated heterocycles. The van der Waals surface area contributed by atoms with Crippen molar-refractivity contribution in [3.05, 3.63) is 78.9 Å². The van der Waals surface area contributed by atoms with Gasteiger partial charge in [-0.1, -0.05) is 17.7 Å². The molecule has 4 rings (SSSR count). The van der Waals surface area contributed by atoms with E-state index in [0.29, 0.717) is 26.2 Å². The average molecular weight is 563 g/mol. The molecule has 0 N–H and O–H groups in total. The molecule has 0 saturated carbocycles. The van der Waals surface area contributed by atoms with E-state index < -0.39 is 28.2 Å². The van der Waals surface area contributed by atoms with Crippen LogP contribution in [0.5, 0.6) is 0 Å². The number of nitriles is 1. The zero-order valence-electron chi connectivity index (χ0n) is 20.2. The second-order valence-electron chi connectivity index (χ2n) is 8.60. The highest BCUT2D eigenvalue weighted by molar-refractivity contribution is 7.07. The van der Waals surface area contributed by atoms with Crippen LogP contribution >= 0.6 is 22.9 Å². The van der Waals surface area contributed by atoms with Gasteiger partial charge in [0.25, 0.3) is 11.5 Å². The van der Waals surface area contributed by atoms with Gasteiger partial charge < -0.3 is 14.2 Å². The number of carbonyl (C=O) groups excluding carboxylic acids is 1. The summed E-state index contributed by atoms with van der Waals surface area (Å²) in [5, 5.41) is 9.42. The minimum Gasteiger partial charge on any atom is -0.457 e. The number of carbonyl (C=O) groups is 1. The first-order chi connectivity index (χ1) is 18.0. The fourth-order valence-electron chi connectivity index (χ4n) is 3.97. The van der Waals surface area contributed by atoms with Crippen LogP contribution in [0.3, 0.4) is 0 Å². The molecule has 1 aromatic carbocycles. The highest BCUT2D eigenvalue weighted by atomic mass is 35.5. The van der Waals surface area contributed by atoms with E-state index in [1.54, 1.807) is 4.90 Å². The Morgan fingerprint density at radius 3 is 2.58 bits per heavy atom. The number of allylic oxidation sites excluding steroid dienone is 1. The summed E-state index contributed by atoms with van der Waals surface area (Å²) in [6.07, 6.45) is -1.72. The molecule has 1 fully saturated rings. The van der Waals surface area contributed by atoms with Gasteiger partial charge >= 0.3 is 6.18 Å². The molecule has 1 aliphatic rings. The molecule has 0 aliphatic carbocycles. The van der Waals surface area contributed by atoms with Gasteiger partial charge in [-0.25, -0.2) is 0 Å². The Hall–Kier alpha value is -3.59. The van der Waals surface area contributed by atoms with Gasteiger partial charge in [0.05, 0.1) is 15.1 Å². The van der Waals surface area contributed by atoms with Gasteiger partial charge in [0.15, 0.2) is 5.57 Å². The van der Waals surface area contributed by atoms with Crippen LogP contribution < -0.4 is 14.8 Å². The average Bonchev–Trinajstić information content (AvgIpc) is 3.45.